The molecular formula is C21H22Cl2O2. The van der Waals surface area contributed by atoms with Crippen molar-refractivity contribution < 1.29 is 12.6 Å². The second kappa shape index (κ2) is 8.46. The number of benzene rings is 2. The van der Waals surface area contributed by atoms with Gasteiger partial charge in [0.05, 0.1) is 0 Å². The van der Waals surface area contributed by atoms with Crippen molar-refractivity contribution in [3.05, 3.63) is 74.8 Å². The number of carbonyl (C=O) groups excluding carboxylic acids is 2. The van der Waals surface area contributed by atoms with Gasteiger partial charge in [-0.05, 0) is 30.5 Å². The van der Waals surface area contributed by atoms with Gasteiger partial charge < -0.3 is 0 Å². The number of fused-ring (bicyclic) bond motifs is 2. The molecule has 0 saturated heterocycles. The van der Waals surface area contributed by atoms with E-state index in [1.807, 2.05) is 36.4 Å². The summed E-state index contributed by atoms with van der Waals surface area (Å²) >= 11 is 11.9. The van der Waals surface area contributed by atoms with Crippen molar-refractivity contribution in [2.24, 2.45) is 0 Å². The van der Waals surface area contributed by atoms with E-state index in [4.69, 9.17) is 26.2 Å². The molecule has 0 atom stereocenters. The number of Topliss-reactive ketones (excluding diaryl/α,β-unsaturated/α-hetero) is 2. The first-order valence-electron chi connectivity index (χ1n) is 8.87. The van der Waals surface area contributed by atoms with E-state index in [0.717, 1.165) is 40.1 Å². The number of allylic oxidation sites excluding steroid dienone is 1. The van der Waals surface area contributed by atoms with Crippen molar-refractivity contribution in [3.63, 3.8) is 0 Å². The lowest BCUT2D eigenvalue weighted by molar-refractivity contribution is 0.0970. The number of halogens is 2. The fourth-order valence-electron chi connectivity index (χ4n) is 2.98. The maximum atomic E-state index is 11.4. The van der Waals surface area contributed by atoms with Crippen LogP contribution < -0.4 is 0 Å². The molecule has 0 fully saturated rings. The average Bonchev–Trinajstić information content (AvgIpc) is 2.66. The van der Waals surface area contributed by atoms with E-state index >= 15 is 0 Å². The molecule has 0 saturated carbocycles. The van der Waals surface area contributed by atoms with Crippen LogP contribution in [0.4, 0.5) is 0 Å². The third kappa shape index (κ3) is 4.20. The normalized spacial score (nSPS) is 15.0. The lowest BCUT2D eigenvalue weighted by atomic mass is 9.91. The lowest BCUT2D eigenvalue weighted by Gasteiger charge is -2.14. The van der Waals surface area contributed by atoms with E-state index in [9.17, 15) is 9.59 Å². The molecular weight excluding hydrogens is 355 g/mol. The van der Waals surface area contributed by atoms with Crippen LogP contribution in [-0.2, 0) is 6.42 Å². The summed E-state index contributed by atoms with van der Waals surface area (Å²) < 4.78 is 10.0. The molecule has 0 bridgehead atoms. The third-order valence-electron chi connectivity index (χ3n) is 4.19. The fraction of sp³-hybridized carbons (Fsp3) is 0.238. The molecule has 4 rings (SSSR count). The largest absolute Gasteiger partial charge is 0.294 e. The molecule has 0 amide bonds. The monoisotopic (exact) mass is 378 g/mol. The highest BCUT2D eigenvalue weighted by Gasteiger charge is 2.18. The zero-order chi connectivity index (χ0) is 19.1. The maximum absolute atomic E-state index is 11.4. The van der Waals surface area contributed by atoms with Gasteiger partial charge in [-0.25, -0.2) is 0 Å². The Morgan fingerprint density at radius 3 is 2.24 bits per heavy atom. The summed E-state index contributed by atoms with van der Waals surface area (Å²) in [5.74, 6) is 0.383. The van der Waals surface area contributed by atoms with Crippen molar-refractivity contribution in [3.8, 4) is 0 Å². The molecule has 4 heteroatoms. The highest BCUT2D eigenvalue weighted by atomic mass is 35.5. The first kappa shape index (κ1) is 17.9. The first-order chi connectivity index (χ1) is 12.6. The summed E-state index contributed by atoms with van der Waals surface area (Å²) in [7, 11) is 0. The Hall–Kier alpha value is -1.90. The van der Waals surface area contributed by atoms with Crippen LogP contribution in [0.2, 0.25) is 10.0 Å². The zero-order valence-electron chi connectivity index (χ0n) is 15.0. The van der Waals surface area contributed by atoms with Gasteiger partial charge in [0.1, 0.15) is 0 Å². The Bertz CT molecular complexity index is 848. The van der Waals surface area contributed by atoms with Crippen LogP contribution in [0.5, 0.6) is 0 Å². The van der Waals surface area contributed by atoms with Gasteiger partial charge in [-0.3, -0.25) is 9.59 Å². The number of carbonyl (C=O) groups is 2. The standard InChI is InChI=1S/C10H9ClO.C10H7ClO.CH4.H2/c2*11-9-5-1-4-8-7(9)3-2-6-10(8)12;;/h1,4-5H,2-3,6H2;1-5H,6H2;1H4;1H/i;;;1+1D. The molecule has 2 aromatic rings. The van der Waals surface area contributed by atoms with Crippen LogP contribution in [0, 0.1) is 0 Å². The summed E-state index contributed by atoms with van der Waals surface area (Å²) in [4.78, 5) is 22.7. The lowest BCUT2D eigenvalue weighted by Crippen LogP contribution is -2.10. The van der Waals surface area contributed by atoms with E-state index in [2.05, 4.69) is 0 Å². The molecule has 0 unspecified atom stereocenters. The van der Waals surface area contributed by atoms with Crippen LogP contribution in [0.1, 0.15) is 61.5 Å². The van der Waals surface area contributed by atoms with Crippen LogP contribution in [-0.4, -0.2) is 11.6 Å². The molecule has 0 radical (unpaired) electrons. The molecule has 2 aliphatic rings. The second-order valence-corrected chi connectivity index (χ2v) is 6.59. The highest BCUT2D eigenvalue weighted by molar-refractivity contribution is 6.33. The third-order valence-corrected chi connectivity index (χ3v) is 4.87. The summed E-state index contributed by atoms with van der Waals surface area (Å²) in [5, 5.41) is 1.39. The summed E-state index contributed by atoms with van der Waals surface area (Å²) in [6.07, 6.45) is 6.80. The smallest absolute Gasteiger partial charge is 0.167 e. The Balaban J connectivity index is 0.000000239. The van der Waals surface area contributed by atoms with Crippen molar-refractivity contribution in [2.45, 2.75) is 33.1 Å². The second-order valence-electron chi connectivity index (χ2n) is 5.77. The SMILES string of the molecule is C.O=C1CC=Cc2c(Cl)cccc21.O=C1CCCc2c(Cl)cccc21.[2H][2H]. The summed E-state index contributed by atoms with van der Waals surface area (Å²) in [6.45, 7) is 0. The zero-order valence-corrected chi connectivity index (χ0v) is 14.5. The van der Waals surface area contributed by atoms with Gasteiger partial charge in [-0.1, -0.05) is 67.0 Å². The first-order valence-corrected chi connectivity index (χ1v) is 8.62. The van der Waals surface area contributed by atoms with Gasteiger partial charge in [0, 0.05) is 42.5 Å². The van der Waals surface area contributed by atoms with E-state index in [0.29, 0.717) is 17.9 Å². The molecule has 2 aromatic carbocycles. The van der Waals surface area contributed by atoms with E-state index in [1.165, 1.54) is 0 Å². The average molecular weight is 379 g/mol. The van der Waals surface area contributed by atoms with Crippen molar-refractivity contribution in [2.75, 3.05) is 0 Å². The van der Waals surface area contributed by atoms with Crippen LogP contribution in [0.15, 0.2) is 42.5 Å². The predicted octanol–water partition coefficient (Wildman–Crippen LogP) is 6.68. The summed E-state index contributed by atoms with van der Waals surface area (Å²) in [5.41, 5.74) is 3.46. The summed E-state index contributed by atoms with van der Waals surface area (Å²) in [6, 6.07) is 11.0. The van der Waals surface area contributed by atoms with Gasteiger partial charge in [-0.15, -0.1) is 0 Å². The molecule has 0 aliphatic heterocycles. The molecule has 0 spiro atoms. The Morgan fingerprint density at radius 1 is 0.880 bits per heavy atom. The maximum Gasteiger partial charge on any atom is 0.167 e. The minimum Gasteiger partial charge on any atom is -0.294 e. The topological polar surface area (TPSA) is 34.1 Å². The quantitative estimate of drug-likeness (QED) is 0.512. The molecule has 2 aliphatic carbocycles. The number of rotatable bonds is 0. The number of hydrogen-bond donors (Lipinski definition) is 0. The van der Waals surface area contributed by atoms with Crippen molar-refractivity contribution in [1.82, 2.24) is 0 Å². The van der Waals surface area contributed by atoms with E-state index in [-0.39, 0.29) is 19.0 Å². The molecule has 132 valence electrons. The van der Waals surface area contributed by atoms with E-state index < -0.39 is 0 Å². The van der Waals surface area contributed by atoms with Gasteiger partial charge in [-0.2, -0.15) is 0 Å². The van der Waals surface area contributed by atoms with E-state index in [1.54, 1.807) is 12.1 Å². The fourth-order valence-corrected chi connectivity index (χ4v) is 3.48. The molecule has 2 nitrogen and oxygen atoms in total. The molecule has 25 heavy (non-hydrogen) atoms. The highest BCUT2D eigenvalue weighted by Crippen LogP contribution is 2.27. The molecule has 0 aromatic heterocycles. The van der Waals surface area contributed by atoms with Crippen molar-refractivity contribution >= 4 is 40.8 Å². The minimum absolute atomic E-state index is 0. The molecule has 0 N–H and O–H groups in total. The Kier molecular flexibility index (Phi) is 6.06. The van der Waals surface area contributed by atoms with Gasteiger partial charge in [0.2, 0.25) is 0 Å². The minimum atomic E-state index is 0. The Morgan fingerprint density at radius 2 is 1.56 bits per heavy atom. The van der Waals surface area contributed by atoms with Crippen LogP contribution >= 0.6 is 23.2 Å². The molecule has 0 heterocycles. The van der Waals surface area contributed by atoms with Crippen LogP contribution in [0.3, 0.4) is 0 Å². The van der Waals surface area contributed by atoms with Gasteiger partial charge in [0.15, 0.2) is 11.6 Å². The van der Waals surface area contributed by atoms with Crippen molar-refractivity contribution in [1.29, 1.82) is 0 Å². The Labute approximate surface area is 161 Å². The van der Waals surface area contributed by atoms with Gasteiger partial charge >= 0.3 is 0 Å². The predicted molar refractivity (Wildman–Crippen MR) is 107 cm³/mol. The number of ketones is 2. The van der Waals surface area contributed by atoms with Gasteiger partial charge in [0.25, 0.3) is 0 Å². The van der Waals surface area contributed by atoms with Crippen LogP contribution in [0.25, 0.3) is 6.08 Å². The number of hydrogen-bond acceptors (Lipinski definition) is 2.